The number of H-pyrrole nitrogens is 1. The molecular weight excluding hydrogens is 279 g/mol. The minimum atomic E-state index is 0.855. The quantitative estimate of drug-likeness (QED) is 0.819. The average molecular weight is 288 g/mol. The van der Waals surface area contributed by atoms with Gasteiger partial charge in [-0.3, -0.25) is 5.10 Å². The molecule has 0 radical (unpaired) electrons. The number of fused-ring (bicyclic) bond motifs is 1. The monoisotopic (exact) mass is 288 g/mol. The van der Waals surface area contributed by atoms with E-state index in [9.17, 15) is 0 Å². The molecule has 0 aliphatic heterocycles. The Balaban J connectivity index is 2.79. The topological polar surface area (TPSA) is 37.9 Å². The minimum Gasteiger partial charge on any atom is -0.497 e. The van der Waals surface area contributed by atoms with E-state index in [4.69, 9.17) is 4.74 Å². The van der Waals surface area contributed by atoms with Crippen molar-refractivity contribution < 1.29 is 4.74 Å². The largest absolute Gasteiger partial charge is 0.497 e. The number of nitrogens with zero attached hydrogens (tertiary/aromatic N) is 1. The van der Waals surface area contributed by atoms with Crippen LogP contribution in [0, 0.1) is 10.6 Å². The second kappa shape index (κ2) is 3.17. The summed E-state index contributed by atoms with van der Waals surface area (Å²) in [5.74, 6) is 0.855. The Morgan fingerprint density at radius 3 is 2.92 bits per heavy atom. The standard InChI is InChI=1S/C9H9IN2O/c1-5-3-6(13-2)4-7-8(5)9(10)12-11-7/h3-4H,1-2H3,(H,11,12). The summed E-state index contributed by atoms with van der Waals surface area (Å²) in [6.07, 6.45) is 0. The van der Waals surface area contributed by atoms with Crippen molar-refractivity contribution in [2.45, 2.75) is 6.92 Å². The summed E-state index contributed by atoms with van der Waals surface area (Å²) in [5.41, 5.74) is 2.15. The fourth-order valence-corrected chi connectivity index (χ4v) is 2.22. The van der Waals surface area contributed by atoms with Gasteiger partial charge in [-0.1, -0.05) is 0 Å². The van der Waals surface area contributed by atoms with E-state index in [1.807, 2.05) is 12.1 Å². The predicted molar refractivity (Wildman–Crippen MR) is 60.1 cm³/mol. The molecule has 0 bridgehead atoms. The van der Waals surface area contributed by atoms with Crippen LogP contribution in [-0.2, 0) is 0 Å². The number of methoxy groups -OCH3 is 1. The summed E-state index contributed by atoms with van der Waals surface area (Å²) in [6, 6.07) is 3.95. The van der Waals surface area contributed by atoms with Gasteiger partial charge in [0.15, 0.2) is 0 Å². The van der Waals surface area contributed by atoms with Crippen molar-refractivity contribution in [3.63, 3.8) is 0 Å². The van der Waals surface area contributed by atoms with Gasteiger partial charge in [0.05, 0.1) is 12.6 Å². The highest BCUT2D eigenvalue weighted by Gasteiger charge is 2.07. The van der Waals surface area contributed by atoms with E-state index in [0.717, 1.165) is 15.0 Å². The van der Waals surface area contributed by atoms with Crippen LogP contribution in [0.3, 0.4) is 0 Å². The van der Waals surface area contributed by atoms with Crippen molar-refractivity contribution >= 4 is 33.5 Å². The highest BCUT2D eigenvalue weighted by Crippen LogP contribution is 2.26. The first-order chi connectivity index (χ1) is 6.22. The third kappa shape index (κ3) is 1.39. The van der Waals surface area contributed by atoms with Crippen LogP contribution in [0.2, 0.25) is 0 Å². The van der Waals surface area contributed by atoms with E-state index >= 15 is 0 Å². The summed E-state index contributed by atoms with van der Waals surface area (Å²) in [5, 5.41) is 8.31. The van der Waals surface area contributed by atoms with Crippen molar-refractivity contribution in [1.82, 2.24) is 10.2 Å². The number of aromatic nitrogens is 2. The average Bonchev–Trinajstić information content (AvgIpc) is 2.48. The van der Waals surface area contributed by atoms with Gasteiger partial charge < -0.3 is 4.74 Å². The molecule has 2 rings (SSSR count). The Kier molecular flexibility index (Phi) is 2.15. The fraction of sp³-hybridized carbons (Fsp3) is 0.222. The molecule has 1 aromatic heterocycles. The number of rotatable bonds is 1. The Hall–Kier alpha value is -0.780. The number of benzene rings is 1. The number of aryl methyl sites for hydroxylation is 1. The van der Waals surface area contributed by atoms with Crippen molar-refractivity contribution in [3.05, 3.63) is 21.4 Å². The van der Waals surface area contributed by atoms with E-state index in [2.05, 4.69) is 39.7 Å². The number of halogens is 1. The molecule has 1 aromatic carbocycles. The lowest BCUT2D eigenvalue weighted by Crippen LogP contribution is -1.84. The van der Waals surface area contributed by atoms with Crippen LogP contribution < -0.4 is 4.74 Å². The molecule has 13 heavy (non-hydrogen) atoms. The molecule has 0 atom stereocenters. The highest BCUT2D eigenvalue weighted by molar-refractivity contribution is 14.1. The summed E-state index contributed by atoms with van der Waals surface area (Å²) in [7, 11) is 1.66. The van der Waals surface area contributed by atoms with E-state index in [1.54, 1.807) is 7.11 Å². The predicted octanol–water partition coefficient (Wildman–Crippen LogP) is 2.48. The van der Waals surface area contributed by atoms with Gasteiger partial charge in [0.25, 0.3) is 0 Å². The van der Waals surface area contributed by atoms with E-state index < -0.39 is 0 Å². The van der Waals surface area contributed by atoms with E-state index in [0.29, 0.717) is 0 Å². The van der Waals surface area contributed by atoms with Gasteiger partial charge in [-0.05, 0) is 41.1 Å². The lowest BCUT2D eigenvalue weighted by atomic mass is 10.1. The van der Waals surface area contributed by atoms with Crippen molar-refractivity contribution in [2.75, 3.05) is 7.11 Å². The lowest BCUT2D eigenvalue weighted by molar-refractivity contribution is 0.415. The number of aromatic amines is 1. The Bertz CT molecular complexity index is 450. The number of nitrogens with one attached hydrogen (secondary N) is 1. The molecule has 0 aliphatic rings. The molecule has 4 heteroatoms. The van der Waals surface area contributed by atoms with Crippen LogP contribution in [0.4, 0.5) is 0 Å². The smallest absolute Gasteiger partial charge is 0.121 e. The Labute approximate surface area is 89.6 Å². The minimum absolute atomic E-state index is 0.855. The fourth-order valence-electron chi connectivity index (χ4n) is 1.39. The van der Waals surface area contributed by atoms with Gasteiger partial charge in [-0.15, -0.1) is 0 Å². The number of ether oxygens (including phenoxy) is 1. The first-order valence-corrected chi connectivity index (χ1v) is 4.98. The van der Waals surface area contributed by atoms with Crippen molar-refractivity contribution in [2.24, 2.45) is 0 Å². The molecule has 0 aliphatic carbocycles. The van der Waals surface area contributed by atoms with Crippen LogP contribution in [0.5, 0.6) is 5.75 Å². The SMILES string of the molecule is COc1cc(C)c2c(I)[nH]nc2c1. The zero-order chi connectivity index (χ0) is 9.42. The second-order valence-corrected chi connectivity index (χ2v) is 3.95. The summed E-state index contributed by atoms with van der Waals surface area (Å²) < 4.78 is 6.23. The van der Waals surface area contributed by atoms with Crippen LogP contribution in [0.15, 0.2) is 12.1 Å². The van der Waals surface area contributed by atoms with Gasteiger partial charge in [0.2, 0.25) is 0 Å². The third-order valence-electron chi connectivity index (χ3n) is 2.02. The Morgan fingerprint density at radius 1 is 1.46 bits per heavy atom. The van der Waals surface area contributed by atoms with E-state index in [1.165, 1.54) is 10.9 Å². The molecule has 0 unspecified atom stereocenters. The maximum Gasteiger partial charge on any atom is 0.121 e. The summed E-state index contributed by atoms with van der Waals surface area (Å²) >= 11 is 2.24. The molecule has 2 aromatic rings. The van der Waals surface area contributed by atoms with Crippen molar-refractivity contribution in [3.8, 4) is 5.75 Å². The molecule has 0 saturated heterocycles. The van der Waals surface area contributed by atoms with Crippen LogP contribution in [0.1, 0.15) is 5.56 Å². The first-order valence-electron chi connectivity index (χ1n) is 3.90. The van der Waals surface area contributed by atoms with Gasteiger partial charge in [-0.2, -0.15) is 5.10 Å². The van der Waals surface area contributed by atoms with Crippen LogP contribution in [0.25, 0.3) is 10.9 Å². The molecule has 0 amide bonds. The maximum absolute atomic E-state index is 5.16. The number of hydrogen-bond acceptors (Lipinski definition) is 2. The summed E-state index contributed by atoms with van der Waals surface area (Å²) in [6.45, 7) is 2.06. The van der Waals surface area contributed by atoms with Crippen LogP contribution in [-0.4, -0.2) is 17.3 Å². The molecule has 3 nitrogen and oxygen atoms in total. The van der Waals surface area contributed by atoms with Gasteiger partial charge in [0.1, 0.15) is 9.45 Å². The Morgan fingerprint density at radius 2 is 2.23 bits per heavy atom. The first kappa shape index (κ1) is 8.80. The molecule has 0 saturated carbocycles. The van der Waals surface area contributed by atoms with Crippen molar-refractivity contribution in [1.29, 1.82) is 0 Å². The lowest BCUT2D eigenvalue weighted by Gasteiger charge is -2.01. The molecular formula is C9H9IN2O. The normalized spacial score (nSPS) is 10.7. The van der Waals surface area contributed by atoms with Gasteiger partial charge in [-0.25, -0.2) is 0 Å². The zero-order valence-corrected chi connectivity index (χ0v) is 9.55. The molecule has 1 heterocycles. The summed E-state index contributed by atoms with van der Waals surface area (Å²) in [4.78, 5) is 0. The number of hydrogen-bond donors (Lipinski definition) is 1. The zero-order valence-electron chi connectivity index (χ0n) is 7.39. The maximum atomic E-state index is 5.16. The molecule has 0 spiro atoms. The van der Waals surface area contributed by atoms with Gasteiger partial charge in [0, 0.05) is 11.5 Å². The third-order valence-corrected chi connectivity index (χ3v) is 2.80. The van der Waals surface area contributed by atoms with Crippen LogP contribution >= 0.6 is 22.6 Å². The second-order valence-electron chi connectivity index (χ2n) is 2.88. The highest BCUT2D eigenvalue weighted by atomic mass is 127. The van der Waals surface area contributed by atoms with Gasteiger partial charge >= 0.3 is 0 Å². The molecule has 0 fully saturated rings. The van der Waals surface area contributed by atoms with E-state index in [-0.39, 0.29) is 0 Å². The molecule has 68 valence electrons. The molecule has 1 N–H and O–H groups in total.